The van der Waals surface area contributed by atoms with Gasteiger partial charge < -0.3 is 10.2 Å². The zero-order chi connectivity index (χ0) is 21.4. The Hall–Kier alpha value is -2.41. The largest absolute Gasteiger partial charge is 0.371 e. The maximum absolute atomic E-state index is 12.4. The Balaban J connectivity index is 1.28. The fraction of sp³-hybridized carbons (Fsp3) is 0.625. The van der Waals surface area contributed by atoms with Gasteiger partial charge in [0, 0.05) is 37.6 Å². The van der Waals surface area contributed by atoms with E-state index in [4.69, 9.17) is 0 Å². The van der Waals surface area contributed by atoms with Crippen LogP contribution >= 0.6 is 0 Å². The van der Waals surface area contributed by atoms with Crippen LogP contribution in [0.5, 0.6) is 0 Å². The van der Waals surface area contributed by atoms with Gasteiger partial charge in [0.05, 0.1) is 17.1 Å². The summed E-state index contributed by atoms with van der Waals surface area (Å²) in [7, 11) is 1.94. The number of benzene rings is 1. The lowest BCUT2D eigenvalue weighted by Gasteiger charge is -2.36. The number of piperidine rings is 3. The second-order valence-corrected chi connectivity index (χ2v) is 9.57. The third kappa shape index (κ3) is 4.20. The number of fused-ring (bicyclic) bond motifs is 1. The zero-order valence-electron chi connectivity index (χ0n) is 18.4. The summed E-state index contributed by atoms with van der Waals surface area (Å²) in [6.45, 7) is 4.60. The van der Waals surface area contributed by atoms with E-state index in [0.29, 0.717) is 12.8 Å². The number of nitrogens with zero attached hydrogens (tertiary/aromatic N) is 3. The molecule has 1 unspecified atom stereocenters. The molecule has 0 aliphatic carbocycles. The summed E-state index contributed by atoms with van der Waals surface area (Å²) in [5, 5.41) is 11.6. The number of hydrogen-bond acceptors (Lipinski definition) is 5. The van der Waals surface area contributed by atoms with Gasteiger partial charge in [-0.25, -0.2) is 0 Å². The maximum Gasteiger partial charge on any atom is 0.235 e. The lowest BCUT2D eigenvalue weighted by Crippen LogP contribution is -2.39. The van der Waals surface area contributed by atoms with Crippen molar-refractivity contribution in [1.29, 1.82) is 0 Å². The van der Waals surface area contributed by atoms with E-state index in [0.717, 1.165) is 41.5 Å². The molecule has 5 rings (SSSR count). The van der Waals surface area contributed by atoms with Crippen LogP contribution < -0.4 is 15.5 Å². The van der Waals surface area contributed by atoms with Crippen molar-refractivity contribution in [3.05, 3.63) is 23.9 Å². The molecule has 0 radical (unpaired) electrons. The normalized spacial score (nSPS) is 24.0. The minimum atomic E-state index is -0.349. The van der Waals surface area contributed by atoms with Gasteiger partial charge in [0.15, 0.2) is 0 Å². The molecule has 3 saturated heterocycles. The number of carbonyl (C=O) groups excluding carboxylic acids is 2. The zero-order valence-corrected chi connectivity index (χ0v) is 18.4. The third-order valence-electron chi connectivity index (χ3n) is 7.54. The summed E-state index contributed by atoms with van der Waals surface area (Å²) < 4.78 is 1.88. The van der Waals surface area contributed by atoms with Gasteiger partial charge >= 0.3 is 0 Å². The van der Waals surface area contributed by atoms with E-state index in [1.165, 1.54) is 50.9 Å². The van der Waals surface area contributed by atoms with Crippen LogP contribution in [0.2, 0.25) is 0 Å². The van der Waals surface area contributed by atoms with Gasteiger partial charge in [-0.3, -0.25) is 19.6 Å². The van der Waals surface area contributed by atoms with Gasteiger partial charge in [0.1, 0.15) is 0 Å². The lowest BCUT2D eigenvalue weighted by atomic mass is 9.83. The van der Waals surface area contributed by atoms with Crippen LogP contribution in [-0.4, -0.2) is 47.8 Å². The quantitative estimate of drug-likeness (QED) is 0.740. The summed E-state index contributed by atoms with van der Waals surface area (Å²) in [6.07, 6.45) is 7.52. The lowest BCUT2D eigenvalue weighted by molar-refractivity contribution is -0.134. The number of hydrogen-bond donors (Lipinski definition) is 2. The third-order valence-corrected chi connectivity index (χ3v) is 7.54. The predicted molar refractivity (Wildman–Crippen MR) is 121 cm³/mol. The van der Waals surface area contributed by atoms with Gasteiger partial charge in [0.2, 0.25) is 11.8 Å². The van der Waals surface area contributed by atoms with Crippen LogP contribution in [0.25, 0.3) is 10.9 Å². The Kier molecular flexibility index (Phi) is 5.69. The fourth-order valence-corrected chi connectivity index (χ4v) is 5.70. The first kappa shape index (κ1) is 20.5. The Morgan fingerprint density at radius 1 is 1.03 bits per heavy atom. The van der Waals surface area contributed by atoms with Gasteiger partial charge in [-0.1, -0.05) is 0 Å². The van der Waals surface area contributed by atoms with Crippen molar-refractivity contribution < 1.29 is 9.59 Å². The van der Waals surface area contributed by atoms with Crippen LogP contribution in [0.3, 0.4) is 0 Å². The first-order chi connectivity index (χ1) is 15.1. The number of anilines is 1. The highest BCUT2D eigenvalue weighted by Crippen LogP contribution is 2.34. The van der Waals surface area contributed by atoms with E-state index >= 15 is 0 Å². The molecule has 1 aromatic heterocycles. The molecule has 31 heavy (non-hydrogen) atoms. The second kappa shape index (κ2) is 8.61. The average molecular weight is 424 g/mol. The topological polar surface area (TPSA) is 79.3 Å². The van der Waals surface area contributed by atoms with E-state index in [9.17, 15) is 9.59 Å². The van der Waals surface area contributed by atoms with E-state index in [-0.39, 0.29) is 17.7 Å². The summed E-state index contributed by atoms with van der Waals surface area (Å²) in [4.78, 5) is 26.4. The van der Waals surface area contributed by atoms with Crippen LogP contribution in [0.1, 0.15) is 56.6 Å². The molecular formula is C24H33N5O2. The maximum atomic E-state index is 12.4. The van der Waals surface area contributed by atoms with Crippen LogP contribution in [-0.2, 0) is 16.6 Å². The number of amides is 2. The Morgan fingerprint density at radius 3 is 2.52 bits per heavy atom. The molecule has 7 nitrogen and oxygen atoms in total. The van der Waals surface area contributed by atoms with Crippen molar-refractivity contribution in [3.63, 3.8) is 0 Å². The second-order valence-electron chi connectivity index (χ2n) is 9.57. The first-order valence-corrected chi connectivity index (χ1v) is 11.8. The molecule has 0 spiro atoms. The molecule has 2 aromatic rings. The molecule has 4 heterocycles. The van der Waals surface area contributed by atoms with Crippen molar-refractivity contribution in [1.82, 2.24) is 20.4 Å². The first-order valence-electron chi connectivity index (χ1n) is 11.8. The molecule has 1 aromatic carbocycles. The number of carbonyl (C=O) groups is 2. The number of aryl methyl sites for hydroxylation is 1. The van der Waals surface area contributed by atoms with Crippen molar-refractivity contribution in [3.8, 4) is 0 Å². The van der Waals surface area contributed by atoms with Gasteiger partial charge in [-0.05, 0) is 81.6 Å². The minimum absolute atomic E-state index is 0.188. The highest BCUT2D eigenvalue weighted by atomic mass is 16.2. The minimum Gasteiger partial charge on any atom is -0.371 e. The molecular weight excluding hydrogens is 390 g/mol. The van der Waals surface area contributed by atoms with Gasteiger partial charge in [0.25, 0.3) is 0 Å². The van der Waals surface area contributed by atoms with Gasteiger partial charge in [-0.2, -0.15) is 5.10 Å². The summed E-state index contributed by atoms with van der Waals surface area (Å²) in [6, 6.07) is 6.50. The number of imide groups is 1. The van der Waals surface area contributed by atoms with Crippen molar-refractivity contribution in [2.75, 3.05) is 31.1 Å². The predicted octanol–water partition coefficient (Wildman–Crippen LogP) is 2.70. The summed E-state index contributed by atoms with van der Waals surface area (Å²) in [5.74, 6) is 1.01. The fourth-order valence-electron chi connectivity index (χ4n) is 5.70. The van der Waals surface area contributed by atoms with Gasteiger partial charge in [-0.15, -0.1) is 0 Å². The van der Waals surface area contributed by atoms with Crippen LogP contribution in [0.15, 0.2) is 18.2 Å². The molecule has 1 atom stereocenters. The molecule has 2 amide bonds. The Bertz CT molecular complexity index is 970. The van der Waals surface area contributed by atoms with E-state index in [1.54, 1.807) is 0 Å². The molecule has 3 aliphatic rings. The molecule has 2 N–H and O–H groups in total. The summed E-state index contributed by atoms with van der Waals surface area (Å²) >= 11 is 0. The summed E-state index contributed by atoms with van der Waals surface area (Å²) in [5.41, 5.74) is 3.08. The molecule has 3 fully saturated rings. The highest BCUT2D eigenvalue weighted by Gasteiger charge is 2.32. The Labute approximate surface area is 183 Å². The number of rotatable bonds is 4. The molecule has 7 heteroatoms. The van der Waals surface area contributed by atoms with E-state index in [1.807, 2.05) is 11.7 Å². The van der Waals surface area contributed by atoms with Crippen LogP contribution in [0.4, 0.5) is 5.69 Å². The smallest absolute Gasteiger partial charge is 0.235 e. The van der Waals surface area contributed by atoms with Crippen molar-refractivity contribution in [2.45, 2.75) is 50.9 Å². The number of aromatic nitrogens is 2. The van der Waals surface area contributed by atoms with E-state index < -0.39 is 0 Å². The standard InChI is InChI=1S/C24H33N5O2/c1-28-21-15-18(29-12-8-17(9-13-29)14-16-6-10-25-11-7-16)2-3-19(21)23(27-28)20-4-5-22(30)26-24(20)31/h2-3,15-17,20,25H,4-14H2,1H3,(H,26,30,31). The molecule has 3 aliphatic heterocycles. The highest BCUT2D eigenvalue weighted by molar-refractivity contribution is 6.02. The van der Waals surface area contributed by atoms with Crippen molar-refractivity contribution in [2.24, 2.45) is 18.9 Å². The van der Waals surface area contributed by atoms with Crippen LogP contribution in [0, 0.1) is 11.8 Å². The monoisotopic (exact) mass is 423 g/mol. The van der Waals surface area contributed by atoms with Crippen molar-refractivity contribution >= 4 is 28.4 Å². The average Bonchev–Trinajstić information content (AvgIpc) is 3.11. The Morgan fingerprint density at radius 2 is 1.77 bits per heavy atom. The van der Waals surface area contributed by atoms with E-state index in [2.05, 4.69) is 38.8 Å². The molecule has 0 bridgehead atoms. The SMILES string of the molecule is Cn1nc(C2CCC(=O)NC2=O)c2ccc(N3CCC(CC4CCNCC4)CC3)cc21. The molecule has 0 saturated carbocycles. The molecule has 166 valence electrons. The number of nitrogens with one attached hydrogen (secondary N) is 2.